The molecule has 1 aliphatic heterocycles. The van der Waals surface area contributed by atoms with Gasteiger partial charge < -0.3 is 9.80 Å². The fourth-order valence-corrected chi connectivity index (χ4v) is 3.00. The third-order valence-corrected chi connectivity index (χ3v) is 4.34. The third kappa shape index (κ3) is 3.66. The number of anilines is 2. The Morgan fingerprint density at radius 1 is 0.957 bits per heavy atom. The Morgan fingerprint density at radius 2 is 1.61 bits per heavy atom. The van der Waals surface area contributed by atoms with E-state index in [0.717, 1.165) is 12.4 Å². The largest absolute Gasteiger partial charge is 0.445 e. The topological polar surface area (TPSA) is 58.0 Å². The van der Waals surface area contributed by atoms with Crippen molar-refractivity contribution in [3.63, 3.8) is 0 Å². The first kappa shape index (κ1) is 15.8. The van der Waals surface area contributed by atoms with Gasteiger partial charge in [-0.2, -0.15) is 13.2 Å². The number of hydrogen-bond acceptors (Lipinski definition) is 7. The highest BCUT2D eigenvalue weighted by Gasteiger charge is 2.36. The fourth-order valence-electron chi connectivity index (χ4n) is 2.24. The highest BCUT2D eigenvalue weighted by atomic mass is 32.1. The molecule has 0 N–H and O–H groups in total. The molecule has 1 saturated heterocycles. The zero-order valence-corrected chi connectivity index (χ0v) is 12.6. The van der Waals surface area contributed by atoms with Crippen molar-refractivity contribution in [3.05, 3.63) is 23.2 Å². The molecule has 0 bridgehead atoms. The minimum absolute atomic E-state index is 0.249. The second-order valence-corrected chi connectivity index (χ2v) is 5.87. The van der Waals surface area contributed by atoms with Crippen LogP contribution >= 0.6 is 11.3 Å². The molecule has 0 aliphatic carbocycles. The van der Waals surface area contributed by atoms with E-state index in [1.54, 1.807) is 4.90 Å². The molecule has 124 valence electrons. The molecule has 0 unspecified atom stereocenters. The Kier molecular flexibility index (Phi) is 4.28. The van der Waals surface area contributed by atoms with Gasteiger partial charge in [0.25, 0.3) is 0 Å². The normalized spacial score (nSPS) is 16.5. The molecule has 1 aliphatic rings. The van der Waals surface area contributed by atoms with Crippen LogP contribution in [0.5, 0.6) is 0 Å². The average molecular weight is 348 g/mol. The summed E-state index contributed by atoms with van der Waals surface area (Å²) in [5.41, 5.74) is 0. The van der Waals surface area contributed by atoms with Gasteiger partial charge in [0.2, 0.25) is 16.1 Å². The lowest BCUT2D eigenvalue weighted by atomic mass is 10.4. The Morgan fingerprint density at radius 3 is 2.26 bits per heavy atom. The van der Waals surface area contributed by atoms with E-state index in [9.17, 15) is 17.6 Å². The average Bonchev–Trinajstić information content (AvgIpc) is 2.88. The van der Waals surface area contributed by atoms with Crippen LogP contribution in [0, 0.1) is 5.82 Å². The van der Waals surface area contributed by atoms with Crippen LogP contribution in [0.25, 0.3) is 0 Å². The minimum atomic E-state index is -4.48. The molecule has 11 heteroatoms. The molecule has 6 nitrogen and oxygen atoms in total. The molecule has 0 saturated carbocycles. The second kappa shape index (κ2) is 6.22. The first-order chi connectivity index (χ1) is 10.9. The summed E-state index contributed by atoms with van der Waals surface area (Å²) in [6.45, 7) is 2.16. The maximum atomic E-state index is 12.9. The lowest BCUT2D eigenvalue weighted by Gasteiger charge is -2.21. The van der Waals surface area contributed by atoms with Crippen molar-refractivity contribution in [1.29, 1.82) is 0 Å². The van der Waals surface area contributed by atoms with E-state index in [4.69, 9.17) is 0 Å². The van der Waals surface area contributed by atoms with Gasteiger partial charge in [-0.25, -0.2) is 14.4 Å². The maximum absolute atomic E-state index is 12.9. The van der Waals surface area contributed by atoms with E-state index in [2.05, 4.69) is 20.2 Å². The maximum Gasteiger partial charge on any atom is 0.445 e. The lowest BCUT2D eigenvalue weighted by Crippen LogP contribution is -2.31. The quantitative estimate of drug-likeness (QED) is 0.776. The molecular formula is C12H12F4N6S. The van der Waals surface area contributed by atoms with Crippen LogP contribution in [0.2, 0.25) is 0 Å². The highest BCUT2D eigenvalue weighted by Crippen LogP contribution is 2.34. The van der Waals surface area contributed by atoms with Gasteiger partial charge in [0.05, 0.1) is 12.4 Å². The van der Waals surface area contributed by atoms with Gasteiger partial charge in [0.15, 0.2) is 5.82 Å². The molecule has 0 spiro atoms. The summed E-state index contributed by atoms with van der Waals surface area (Å²) in [6.07, 6.45) is -1.60. The molecule has 1 fully saturated rings. The minimum Gasteiger partial charge on any atom is -0.345 e. The van der Waals surface area contributed by atoms with Crippen molar-refractivity contribution in [3.8, 4) is 0 Å². The smallest absolute Gasteiger partial charge is 0.345 e. The van der Waals surface area contributed by atoms with Crippen molar-refractivity contribution >= 4 is 22.4 Å². The predicted octanol–water partition coefficient (Wildman–Crippen LogP) is 2.20. The molecule has 2 aromatic heterocycles. The zero-order valence-electron chi connectivity index (χ0n) is 11.8. The fraction of sp³-hybridized carbons (Fsp3) is 0.500. The summed E-state index contributed by atoms with van der Waals surface area (Å²) < 4.78 is 50.7. The van der Waals surface area contributed by atoms with Crippen LogP contribution in [0.1, 0.15) is 11.4 Å². The summed E-state index contributed by atoms with van der Waals surface area (Å²) in [6, 6.07) is 0. The van der Waals surface area contributed by atoms with Gasteiger partial charge in [0.1, 0.15) is 0 Å². The van der Waals surface area contributed by atoms with Crippen LogP contribution < -0.4 is 9.80 Å². The van der Waals surface area contributed by atoms with Crippen molar-refractivity contribution in [2.45, 2.75) is 12.6 Å². The van der Waals surface area contributed by atoms with Crippen LogP contribution in [0.3, 0.4) is 0 Å². The molecule has 0 aromatic carbocycles. The summed E-state index contributed by atoms with van der Waals surface area (Å²) in [5, 5.41) is 6.14. The first-order valence-electron chi connectivity index (χ1n) is 6.81. The third-order valence-electron chi connectivity index (χ3n) is 3.31. The van der Waals surface area contributed by atoms with Crippen LogP contribution in [-0.2, 0) is 6.18 Å². The lowest BCUT2D eigenvalue weighted by molar-refractivity contribution is -0.138. The SMILES string of the molecule is Fc1cnc(N2CCCN(c3nnc(C(F)(F)F)s3)CC2)nc1. The van der Waals surface area contributed by atoms with E-state index in [-0.39, 0.29) is 5.13 Å². The second-order valence-electron chi connectivity index (χ2n) is 4.92. The molecule has 23 heavy (non-hydrogen) atoms. The molecule has 0 atom stereocenters. The number of nitrogens with zero attached hydrogens (tertiary/aromatic N) is 6. The summed E-state index contributed by atoms with van der Waals surface area (Å²) in [4.78, 5) is 11.5. The van der Waals surface area contributed by atoms with Crippen molar-refractivity contribution < 1.29 is 17.6 Å². The van der Waals surface area contributed by atoms with E-state index < -0.39 is 17.0 Å². The summed E-state index contributed by atoms with van der Waals surface area (Å²) in [7, 11) is 0. The van der Waals surface area contributed by atoms with Gasteiger partial charge in [-0.05, 0) is 6.42 Å². The molecule has 2 aromatic rings. The van der Waals surface area contributed by atoms with E-state index in [0.29, 0.717) is 49.9 Å². The predicted molar refractivity (Wildman–Crippen MR) is 75.9 cm³/mol. The number of alkyl halides is 3. The van der Waals surface area contributed by atoms with Crippen LogP contribution in [-0.4, -0.2) is 46.3 Å². The summed E-state index contributed by atoms with van der Waals surface area (Å²) >= 11 is 0.534. The standard InChI is InChI=1S/C12H12F4N6S/c13-8-6-17-10(18-7-8)21-2-1-3-22(5-4-21)11-20-19-9(23-11)12(14,15)16/h6-7H,1-5H2. The van der Waals surface area contributed by atoms with Gasteiger partial charge in [-0.3, -0.25) is 0 Å². The Labute approximate surface area is 132 Å². The highest BCUT2D eigenvalue weighted by molar-refractivity contribution is 7.15. The van der Waals surface area contributed by atoms with Gasteiger partial charge in [-0.15, -0.1) is 10.2 Å². The van der Waals surface area contributed by atoms with Crippen molar-refractivity contribution in [1.82, 2.24) is 20.2 Å². The summed E-state index contributed by atoms with van der Waals surface area (Å²) in [5.74, 6) is -0.111. The Bertz CT molecular complexity index is 658. The molecule has 0 radical (unpaired) electrons. The van der Waals surface area contributed by atoms with E-state index in [1.165, 1.54) is 0 Å². The number of rotatable bonds is 2. The number of hydrogen-bond donors (Lipinski definition) is 0. The van der Waals surface area contributed by atoms with E-state index in [1.807, 2.05) is 4.90 Å². The monoisotopic (exact) mass is 348 g/mol. The van der Waals surface area contributed by atoms with Gasteiger partial charge >= 0.3 is 6.18 Å². The first-order valence-corrected chi connectivity index (χ1v) is 7.63. The van der Waals surface area contributed by atoms with Crippen molar-refractivity contribution in [2.24, 2.45) is 0 Å². The Balaban J connectivity index is 1.69. The zero-order chi connectivity index (χ0) is 16.4. The molecule has 0 amide bonds. The van der Waals surface area contributed by atoms with Crippen LogP contribution in [0.4, 0.5) is 28.6 Å². The molecular weight excluding hydrogens is 336 g/mol. The van der Waals surface area contributed by atoms with E-state index >= 15 is 0 Å². The molecule has 3 heterocycles. The Hall–Kier alpha value is -2.04. The number of aromatic nitrogens is 4. The molecule has 3 rings (SSSR count). The van der Waals surface area contributed by atoms with Crippen molar-refractivity contribution in [2.75, 3.05) is 36.0 Å². The number of halogens is 4. The van der Waals surface area contributed by atoms with Gasteiger partial charge in [0, 0.05) is 26.2 Å². The van der Waals surface area contributed by atoms with Crippen LogP contribution in [0.15, 0.2) is 12.4 Å². The van der Waals surface area contributed by atoms with Gasteiger partial charge in [-0.1, -0.05) is 11.3 Å².